The molecule has 2 rings (SSSR count). The molecule has 0 radical (unpaired) electrons. The molecule has 222 valence electrons. The monoisotopic (exact) mass is 542 g/mol. The van der Waals surface area contributed by atoms with Crippen LogP contribution in [0.25, 0.3) is 0 Å². The van der Waals surface area contributed by atoms with Gasteiger partial charge in [0.1, 0.15) is 0 Å². The Hall–Kier alpha value is -2.08. The highest BCUT2D eigenvalue weighted by molar-refractivity contribution is 5.27. The van der Waals surface area contributed by atoms with Crippen molar-refractivity contribution < 1.29 is 0 Å². The number of hydrogen-bond donors (Lipinski definition) is 0. The van der Waals surface area contributed by atoms with E-state index in [-0.39, 0.29) is 0 Å². The number of allylic oxidation sites excluding steroid dienone is 16. The average molecular weight is 543 g/mol. The minimum Gasteiger partial charge on any atom is -0.0813 e. The van der Waals surface area contributed by atoms with Gasteiger partial charge in [-0.2, -0.15) is 0 Å². The van der Waals surface area contributed by atoms with Crippen LogP contribution in [0.15, 0.2) is 93.2 Å². The van der Waals surface area contributed by atoms with Gasteiger partial charge in [0.05, 0.1) is 0 Å². The van der Waals surface area contributed by atoms with Crippen LogP contribution in [0.3, 0.4) is 0 Å². The Morgan fingerprint density at radius 1 is 0.625 bits per heavy atom. The lowest BCUT2D eigenvalue weighted by Crippen LogP contribution is -2.20. The first-order valence-corrected chi connectivity index (χ1v) is 16.2. The first-order chi connectivity index (χ1) is 18.8. The molecule has 0 fully saturated rings. The van der Waals surface area contributed by atoms with Gasteiger partial charge in [-0.3, -0.25) is 0 Å². The average Bonchev–Trinajstić information content (AvgIpc) is 2.85. The van der Waals surface area contributed by atoms with E-state index in [1.165, 1.54) is 86.5 Å². The van der Waals surface area contributed by atoms with Crippen molar-refractivity contribution in [2.45, 2.75) is 146 Å². The smallest absolute Gasteiger partial charge is 0.0142 e. The Morgan fingerprint density at radius 3 is 1.35 bits per heavy atom. The van der Waals surface area contributed by atoms with Gasteiger partial charge in [-0.25, -0.2) is 0 Å². The van der Waals surface area contributed by atoms with E-state index in [0.29, 0.717) is 10.8 Å². The van der Waals surface area contributed by atoms with E-state index in [1.807, 2.05) is 0 Å². The van der Waals surface area contributed by atoms with E-state index < -0.39 is 0 Å². The van der Waals surface area contributed by atoms with Crippen LogP contribution in [0.2, 0.25) is 0 Å². The van der Waals surface area contributed by atoms with Crippen LogP contribution >= 0.6 is 0 Å². The maximum Gasteiger partial charge on any atom is -0.0142 e. The van der Waals surface area contributed by atoms with E-state index in [9.17, 15) is 0 Å². The Balaban J connectivity index is 1.74. The summed E-state index contributed by atoms with van der Waals surface area (Å²) in [6, 6.07) is 0. The minimum atomic E-state index is 0.388. The van der Waals surface area contributed by atoms with Crippen molar-refractivity contribution >= 4 is 0 Å². The van der Waals surface area contributed by atoms with Crippen molar-refractivity contribution in [2.24, 2.45) is 10.8 Å². The fourth-order valence-corrected chi connectivity index (χ4v) is 6.75. The molecule has 0 nitrogen and oxygen atoms in total. The predicted molar refractivity (Wildman–Crippen MR) is 182 cm³/mol. The fourth-order valence-electron chi connectivity index (χ4n) is 6.75. The zero-order valence-electron chi connectivity index (χ0n) is 28.1. The van der Waals surface area contributed by atoms with Crippen LogP contribution in [0.1, 0.15) is 146 Å². The van der Waals surface area contributed by atoms with Crippen LogP contribution in [0.4, 0.5) is 0 Å². The second-order valence-electron chi connectivity index (χ2n) is 14.2. The summed E-state index contributed by atoms with van der Waals surface area (Å²) in [7, 11) is 0. The van der Waals surface area contributed by atoms with Crippen molar-refractivity contribution in [3.63, 3.8) is 0 Å². The molecular weight excluding hydrogens is 480 g/mol. The molecule has 0 N–H and O–H groups in total. The van der Waals surface area contributed by atoms with Crippen LogP contribution in [0.5, 0.6) is 0 Å². The highest BCUT2D eigenvalue weighted by Crippen LogP contribution is 2.43. The lowest BCUT2D eigenvalue weighted by molar-refractivity contribution is 0.354. The molecule has 40 heavy (non-hydrogen) atoms. The van der Waals surface area contributed by atoms with E-state index >= 15 is 0 Å². The Kier molecular flexibility index (Phi) is 14.0. The van der Waals surface area contributed by atoms with Gasteiger partial charge >= 0.3 is 0 Å². The Bertz CT molecular complexity index is 993. The molecule has 0 saturated carbocycles. The van der Waals surface area contributed by atoms with Gasteiger partial charge in [0, 0.05) is 0 Å². The molecule has 0 spiro atoms. The van der Waals surface area contributed by atoms with Crippen LogP contribution in [-0.4, -0.2) is 0 Å². The summed E-state index contributed by atoms with van der Waals surface area (Å²) >= 11 is 0. The van der Waals surface area contributed by atoms with Crippen LogP contribution in [0, 0.1) is 10.8 Å². The summed E-state index contributed by atoms with van der Waals surface area (Å²) in [6.45, 7) is 23.4. The second-order valence-corrected chi connectivity index (χ2v) is 14.2. The molecule has 0 heteroatoms. The molecule has 0 aromatic rings. The third-order valence-electron chi connectivity index (χ3n) is 9.49. The summed E-state index contributed by atoms with van der Waals surface area (Å²) in [5.74, 6) is 0. The van der Waals surface area contributed by atoms with Gasteiger partial charge in [-0.05, 0) is 129 Å². The normalized spacial score (nSPS) is 21.4. The molecule has 0 aromatic heterocycles. The highest BCUT2D eigenvalue weighted by atomic mass is 14.3. The van der Waals surface area contributed by atoms with E-state index in [2.05, 4.69) is 118 Å². The fraction of sp³-hybridized carbons (Fsp3) is 0.600. The molecular formula is C40H62. The summed E-state index contributed by atoms with van der Waals surface area (Å²) in [6.07, 6.45) is 33.3. The molecule has 0 bridgehead atoms. The third-order valence-corrected chi connectivity index (χ3v) is 9.49. The van der Waals surface area contributed by atoms with E-state index in [1.54, 1.807) is 22.3 Å². The maximum atomic E-state index is 2.43. The Labute approximate surface area is 249 Å². The van der Waals surface area contributed by atoms with Gasteiger partial charge < -0.3 is 0 Å². The molecule has 2 aliphatic rings. The standard InChI is InChI=1S/C40H62/c1-31(19-13-21-33(3)25-27-37-35(5)23-15-29-39(37,7)8)17-11-12-18-32(2)20-14-22-34(4)26-28-38-36(6)24-16-30-40(38,9)10/h13-14,17-22H,11-12,15-16,23-30H2,1-10H3/b19-13+,20-14+,31-17+,32-18+,33-21+,34-22+. The van der Waals surface area contributed by atoms with E-state index in [4.69, 9.17) is 0 Å². The molecule has 0 unspecified atom stereocenters. The number of hydrogen-bond acceptors (Lipinski definition) is 0. The van der Waals surface area contributed by atoms with E-state index in [0.717, 1.165) is 12.8 Å². The first kappa shape index (κ1) is 34.1. The summed E-state index contributed by atoms with van der Waals surface area (Å²) in [5.41, 5.74) is 13.1. The molecule has 0 amide bonds. The lowest BCUT2D eigenvalue weighted by Gasteiger charge is -2.34. The second kappa shape index (κ2) is 16.4. The minimum absolute atomic E-state index is 0.388. The largest absolute Gasteiger partial charge is 0.0813 e. The summed E-state index contributed by atoms with van der Waals surface area (Å²) in [4.78, 5) is 0. The van der Waals surface area contributed by atoms with Gasteiger partial charge in [-0.1, -0.05) is 121 Å². The van der Waals surface area contributed by atoms with Gasteiger partial charge in [-0.15, -0.1) is 0 Å². The first-order valence-electron chi connectivity index (χ1n) is 16.2. The van der Waals surface area contributed by atoms with Crippen molar-refractivity contribution in [2.75, 3.05) is 0 Å². The molecule has 2 aliphatic carbocycles. The predicted octanol–water partition coefficient (Wildman–Crippen LogP) is 13.3. The lowest BCUT2D eigenvalue weighted by atomic mass is 9.71. The number of rotatable bonds is 13. The zero-order chi connectivity index (χ0) is 29.8. The Morgan fingerprint density at radius 2 is 1.00 bits per heavy atom. The molecule has 0 saturated heterocycles. The van der Waals surface area contributed by atoms with Crippen LogP contribution < -0.4 is 0 Å². The number of unbranched alkanes of at least 4 members (excludes halogenated alkanes) is 1. The van der Waals surface area contributed by atoms with Gasteiger partial charge in [0.25, 0.3) is 0 Å². The molecule has 0 aliphatic heterocycles. The van der Waals surface area contributed by atoms with Gasteiger partial charge in [0.15, 0.2) is 0 Å². The van der Waals surface area contributed by atoms with Crippen molar-refractivity contribution in [3.8, 4) is 0 Å². The summed E-state index contributed by atoms with van der Waals surface area (Å²) < 4.78 is 0. The molecule has 0 heterocycles. The van der Waals surface area contributed by atoms with Crippen LogP contribution in [-0.2, 0) is 0 Å². The zero-order valence-corrected chi connectivity index (χ0v) is 28.1. The highest BCUT2D eigenvalue weighted by Gasteiger charge is 2.28. The third kappa shape index (κ3) is 11.8. The van der Waals surface area contributed by atoms with Crippen molar-refractivity contribution in [1.29, 1.82) is 0 Å². The quantitative estimate of drug-likeness (QED) is 0.123. The molecule has 0 aromatic carbocycles. The SMILES string of the molecule is CC1=C(CC/C(C)=C/C=C/C(C)=C/CC/C=C(C)/C=C/C=C(\C)CCC2=C(C)CCCC2(C)C)C(C)(C)CCC1. The van der Waals surface area contributed by atoms with Crippen molar-refractivity contribution in [1.82, 2.24) is 0 Å². The van der Waals surface area contributed by atoms with Crippen molar-refractivity contribution in [3.05, 3.63) is 93.2 Å². The molecule has 0 atom stereocenters. The summed E-state index contributed by atoms with van der Waals surface area (Å²) in [5, 5.41) is 0. The maximum absolute atomic E-state index is 2.43. The van der Waals surface area contributed by atoms with Gasteiger partial charge in [0.2, 0.25) is 0 Å². The topological polar surface area (TPSA) is 0 Å².